The summed E-state index contributed by atoms with van der Waals surface area (Å²) in [6, 6.07) is 0. The van der Waals surface area contributed by atoms with Gasteiger partial charge in [-0.2, -0.15) is 0 Å². The summed E-state index contributed by atoms with van der Waals surface area (Å²) in [6.45, 7) is 4.44. The molecule has 0 aliphatic carbocycles. The summed E-state index contributed by atoms with van der Waals surface area (Å²) < 4.78 is 0. The van der Waals surface area contributed by atoms with Gasteiger partial charge in [0.2, 0.25) is 0 Å². The summed E-state index contributed by atoms with van der Waals surface area (Å²) in [5, 5.41) is 0. The predicted molar refractivity (Wildman–Crippen MR) is 53.9 cm³/mol. The first-order valence-corrected chi connectivity index (χ1v) is 4.06. The van der Waals surface area contributed by atoms with Crippen molar-refractivity contribution in [3.05, 3.63) is 12.2 Å². The molecule has 0 spiro atoms. The van der Waals surface area contributed by atoms with Crippen LogP contribution < -0.4 is 0 Å². The molecule has 0 bridgehead atoms. The highest BCUT2D eigenvalue weighted by Gasteiger charge is 1.76. The lowest BCUT2D eigenvalue weighted by atomic mass is 10.2. The lowest BCUT2D eigenvalue weighted by Crippen LogP contribution is -1.66. The van der Waals surface area contributed by atoms with E-state index in [0.717, 1.165) is 0 Å². The van der Waals surface area contributed by atoms with Gasteiger partial charge in [-0.25, -0.2) is 0 Å². The lowest BCUT2D eigenvalue weighted by molar-refractivity contribution is 0.810. The summed E-state index contributed by atoms with van der Waals surface area (Å²) in [4.78, 5) is 0. The number of allylic oxidation sites excluding steroid dienone is 2. The van der Waals surface area contributed by atoms with E-state index in [2.05, 4.69) is 26.0 Å². The maximum absolute atomic E-state index is 2.30. The van der Waals surface area contributed by atoms with Crippen LogP contribution in [-0.2, 0) is 0 Å². The van der Waals surface area contributed by atoms with E-state index >= 15 is 0 Å². The summed E-state index contributed by atoms with van der Waals surface area (Å²) in [6.07, 6.45) is 11.1. The molecule has 0 atom stereocenters. The highest BCUT2D eigenvalue weighted by molar-refractivity contribution is 8.93. The van der Waals surface area contributed by atoms with Crippen molar-refractivity contribution in [1.29, 1.82) is 0 Å². The van der Waals surface area contributed by atoms with Gasteiger partial charge in [-0.1, -0.05) is 45.3 Å². The number of hydrogen-bond donors (Lipinski definition) is 0. The summed E-state index contributed by atoms with van der Waals surface area (Å²) >= 11 is 0. The van der Waals surface area contributed by atoms with E-state index in [-0.39, 0.29) is 17.0 Å². The fourth-order valence-corrected chi connectivity index (χ4v) is 0.724. The van der Waals surface area contributed by atoms with Gasteiger partial charge in [-0.05, 0) is 12.8 Å². The molecular weight excluding hydrogens is 188 g/mol. The van der Waals surface area contributed by atoms with Crippen LogP contribution in [0.3, 0.4) is 0 Å². The second-order valence-electron chi connectivity index (χ2n) is 2.40. The van der Waals surface area contributed by atoms with E-state index < -0.39 is 0 Å². The van der Waals surface area contributed by atoms with Gasteiger partial charge in [0, 0.05) is 0 Å². The third-order valence-corrected chi connectivity index (χ3v) is 1.35. The van der Waals surface area contributed by atoms with Gasteiger partial charge < -0.3 is 0 Å². The Balaban J connectivity index is 0. The van der Waals surface area contributed by atoms with Crippen LogP contribution in [0.5, 0.6) is 0 Å². The van der Waals surface area contributed by atoms with E-state index in [9.17, 15) is 0 Å². The first-order valence-electron chi connectivity index (χ1n) is 4.06. The monoisotopic (exact) mass is 206 g/mol. The Morgan fingerprint density at radius 3 is 2.00 bits per heavy atom. The SMILES string of the molecule is Br.CCC/C=C/CCCC. The van der Waals surface area contributed by atoms with E-state index in [1.165, 1.54) is 32.1 Å². The standard InChI is InChI=1S/C9H18.BrH/c1-3-5-7-9-8-6-4-2;/h7,9H,3-6,8H2,1-2H3;1H/b9-7+;. The maximum Gasteiger partial charge on any atom is -0.0351 e. The second kappa shape index (κ2) is 12.0. The quantitative estimate of drug-likeness (QED) is 0.470. The zero-order valence-corrected chi connectivity index (χ0v) is 8.81. The number of halogens is 1. The fraction of sp³-hybridized carbons (Fsp3) is 0.778. The van der Waals surface area contributed by atoms with Crippen molar-refractivity contribution in [2.45, 2.75) is 46.0 Å². The Morgan fingerprint density at radius 1 is 0.900 bits per heavy atom. The van der Waals surface area contributed by atoms with E-state index in [0.29, 0.717) is 0 Å². The van der Waals surface area contributed by atoms with Gasteiger partial charge in [0.15, 0.2) is 0 Å². The smallest absolute Gasteiger partial charge is 0.0351 e. The molecule has 0 heterocycles. The van der Waals surface area contributed by atoms with Crippen LogP contribution in [0, 0.1) is 0 Å². The first kappa shape index (κ1) is 12.9. The zero-order valence-electron chi connectivity index (χ0n) is 7.10. The molecule has 1 heteroatoms. The Kier molecular flexibility index (Phi) is 15.4. The van der Waals surface area contributed by atoms with Crippen LogP contribution >= 0.6 is 17.0 Å². The number of unbranched alkanes of at least 4 members (excludes halogenated alkanes) is 3. The zero-order chi connectivity index (χ0) is 6.95. The van der Waals surface area contributed by atoms with Gasteiger partial charge in [0.05, 0.1) is 0 Å². The molecule has 62 valence electrons. The molecule has 0 nitrogen and oxygen atoms in total. The van der Waals surface area contributed by atoms with Crippen molar-refractivity contribution >= 4 is 17.0 Å². The van der Waals surface area contributed by atoms with E-state index in [4.69, 9.17) is 0 Å². The van der Waals surface area contributed by atoms with E-state index in [1.807, 2.05) is 0 Å². The van der Waals surface area contributed by atoms with E-state index in [1.54, 1.807) is 0 Å². The largest absolute Gasteiger partial charge is 0.114 e. The van der Waals surface area contributed by atoms with Crippen molar-refractivity contribution in [3.8, 4) is 0 Å². The normalized spacial score (nSPS) is 9.80. The summed E-state index contributed by atoms with van der Waals surface area (Å²) in [7, 11) is 0. The summed E-state index contributed by atoms with van der Waals surface area (Å²) in [5.74, 6) is 0. The van der Waals surface area contributed by atoms with Crippen LogP contribution in [0.4, 0.5) is 0 Å². The van der Waals surface area contributed by atoms with Gasteiger partial charge in [0.1, 0.15) is 0 Å². The number of hydrogen-bond acceptors (Lipinski definition) is 0. The Morgan fingerprint density at radius 2 is 1.50 bits per heavy atom. The van der Waals surface area contributed by atoms with Gasteiger partial charge in [-0.15, -0.1) is 17.0 Å². The van der Waals surface area contributed by atoms with Crippen molar-refractivity contribution in [3.63, 3.8) is 0 Å². The minimum Gasteiger partial charge on any atom is -0.114 e. The minimum absolute atomic E-state index is 0. The molecule has 0 N–H and O–H groups in total. The number of rotatable bonds is 5. The topological polar surface area (TPSA) is 0 Å². The molecule has 0 aromatic carbocycles. The molecule has 0 saturated heterocycles. The molecular formula is C9H19Br. The van der Waals surface area contributed by atoms with Crippen molar-refractivity contribution in [2.75, 3.05) is 0 Å². The van der Waals surface area contributed by atoms with Gasteiger partial charge >= 0.3 is 0 Å². The fourth-order valence-electron chi connectivity index (χ4n) is 0.724. The Bertz CT molecular complexity index is 67.1. The van der Waals surface area contributed by atoms with Crippen LogP contribution in [0.15, 0.2) is 12.2 Å². The van der Waals surface area contributed by atoms with Crippen LogP contribution in [0.1, 0.15) is 46.0 Å². The predicted octanol–water partition coefficient (Wildman–Crippen LogP) is 4.11. The average molecular weight is 207 g/mol. The van der Waals surface area contributed by atoms with Crippen molar-refractivity contribution < 1.29 is 0 Å². The van der Waals surface area contributed by atoms with Gasteiger partial charge in [0.25, 0.3) is 0 Å². The van der Waals surface area contributed by atoms with Crippen LogP contribution in [-0.4, -0.2) is 0 Å². The molecule has 0 amide bonds. The average Bonchev–Trinajstić information content (AvgIpc) is 1.89. The molecule has 0 radical (unpaired) electrons. The third kappa shape index (κ3) is 11.1. The molecule has 10 heavy (non-hydrogen) atoms. The molecule has 0 rings (SSSR count). The Labute approximate surface area is 75.5 Å². The van der Waals surface area contributed by atoms with Crippen LogP contribution in [0.25, 0.3) is 0 Å². The molecule has 0 aromatic rings. The third-order valence-electron chi connectivity index (χ3n) is 1.35. The highest BCUT2D eigenvalue weighted by atomic mass is 79.9. The first-order chi connectivity index (χ1) is 4.41. The Hall–Kier alpha value is 0.220. The molecule has 0 unspecified atom stereocenters. The molecule has 0 aromatic heterocycles. The highest BCUT2D eigenvalue weighted by Crippen LogP contribution is 1.96. The van der Waals surface area contributed by atoms with Crippen molar-refractivity contribution in [1.82, 2.24) is 0 Å². The molecule has 0 aliphatic rings. The van der Waals surface area contributed by atoms with Crippen molar-refractivity contribution in [2.24, 2.45) is 0 Å². The summed E-state index contributed by atoms with van der Waals surface area (Å²) in [5.41, 5.74) is 0. The molecule has 0 saturated carbocycles. The molecule has 0 aliphatic heterocycles. The maximum atomic E-state index is 2.30. The van der Waals surface area contributed by atoms with Crippen LogP contribution in [0.2, 0.25) is 0 Å². The lowest BCUT2D eigenvalue weighted by Gasteiger charge is -1.87. The second-order valence-corrected chi connectivity index (χ2v) is 2.40. The minimum atomic E-state index is 0. The molecule has 0 fully saturated rings. The van der Waals surface area contributed by atoms with Gasteiger partial charge in [-0.3, -0.25) is 0 Å².